The van der Waals surface area contributed by atoms with Gasteiger partial charge in [0.15, 0.2) is 5.11 Å². The van der Waals surface area contributed by atoms with E-state index < -0.39 is 0 Å². The Kier molecular flexibility index (Phi) is 7.03. The number of hydrogen-bond acceptors (Lipinski definition) is 5. The first-order chi connectivity index (χ1) is 17.2. The molecule has 0 bridgehead atoms. The van der Waals surface area contributed by atoms with Crippen LogP contribution in [0.15, 0.2) is 83.7 Å². The number of pyridine rings is 1. The Morgan fingerprint density at radius 3 is 2.77 bits per heavy atom. The Balaban J connectivity index is 1.53. The lowest BCUT2D eigenvalue weighted by atomic mass is 10.0. The number of aromatic nitrogens is 2. The molecular weight excluding hydrogens is 484 g/mol. The van der Waals surface area contributed by atoms with Crippen molar-refractivity contribution in [3.05, 3.63) is 101 Å². The highest BCUT2D eigenvalue weighted by atomic mass is 35.5. The van der Waals surface area contributed by atoms with Crippen LogP contribution in [0.25, 0.3) is 0 Å². The number of ether oxygens (including phenoxy) is 2. The minimum atomic E-state index is -0.168. The lowest BCUT2D eigenvalue weighted by Gasteiger charge is -2.29. The Morgan fingerprint density at radius 2 is 2.03 bits per heavy atom. The number of benzene rings is 1. The molecule has 1 fully saturated rings. The van der Waals surface area contributed by atoms with Crippen molar-refractivity contribution in [2.45, 2.75) is 18.6 Å². The van der Waals surface area contributed by atoms with Crippen LogP contribution >= 0.6 is 23.8 Å². The average molecular weight is 509 g/mol. The Bertz CT molecular complexity index is 1280. The summed E-state index contributed by atoms with van der Waals surface area (Å²) in [5.41, 5.74) is 2.83. The maximum absolute atomic E-state index is 6.60. The van der Waals surface area contributed by atoms with E-state index in [4.69, 9.17) is 37.7 Å². The van der Waals surface area contributed by atoms with Gasteiger partial charge >= 0.3 is 0 Å². The van der Waals surface area contributed by atoms with E-state index >= 15 is 0 Å². The molecule has 4 aromatic rings. The number of methoxy groups -OCH3 is 1. The van der Waals surface area contributed by atoms with E-state index in [1.807, 2.05) is 60.8 Å². The van der Waals surface area contributed by atoms with E-state index in [9.17, 15) is 0 Å². The minimum Gasteiger partial charge on any atom is -0.490 e. The topological polar surface area (TPSA) is 64.7 Å². The van der Waals surface area contributed by atoms with Gasteiger partial charge in [-0.25, -0.2) is 0 Å². The summed E-state index contributed by atoms with van der Waals surface area (Å²) in [6.07, 6.45) is 5.53. The molecule has 180 valence electrons. The predicted octanol–water partition coefficient (Wildman–Crippen LogP) is 5.38. The van der Waals surface area contributed by atoms with Crippen LogP contribution < -0.4 is 15.0 Å². The lowest BCUT2D eigenvalue weighted by molar-refractivity contribution is 0.146. The average Bonchev–Trinajstić information content (AvgIpc) is 3.62. The van der Waals surface area contributed by atoms with Gasteiger partial charge < -0.3 is 28.7 Å². The molecule has 7 nitrogen and oxygen atoms in total. The van der Waals surface area contributed by atoms with Crippen LogP contribution in [0.1, 0.15) is 29.2 Å². The van der Waals surface area contributed by atoms with E-state index in [0.29, 0.717) is 35.6 Å². The molecule has 1 saturated heterocycles. The smallest absolute Gasteiger partial charge is 0.174 e. The maximum Gasteiger partial charge on any atom is 0.174 e. The molecule has 1 N–H and O–H groups in total. The van der Waals surface area contributed by atoms with Crippen LogP contribution in [0, 0.1) is 0 Å². The number of halogens is 1. The van der Waals surface area contributed by atoms with Crippen LogP contribution in [-0.2, 0) is 11.3 Å². The second kappa shape index (κ2) is 10.5. The summed E-state index contributed by atoms with van der Waals surface area (Å²) in [4.78, 5) is 6.72. The fourth-order valence-electron chi connectivity index (χ4n) is 4.34. The summed E-state index contributed by atoms with van der Waals surface area (Å²) in [7, 11) is 1.63. The van der Waals surface area contributed by atoms with E-state index in [1.54, 1.807) is 19.6 Å². The summed E-state index contributed by atoms with van der Waals surface area (Å²) >= 11 is 12.4. The second-order valence-electron chi connectivity index (χ2n) is 8.09. The van der Waals surface area contributed by atoms with Gasteiger partial charge in [-0.05, 0) is 66.8 Å². The number of rotatable bonds is 9. The number of furan rings is 1. The van der Waals surface area contributed by atoms with Crippen LogP contribution in [0.2, 0.25) is 5.02 Å². The first kappa shape index (κ1) is 23.4. The molecule has 9 heteroatoms. The molecule has 0 saturated carbocycles. The third kappa shape index (κ3) is 4.91. The van der Waals surface area contributed by atoms with Crippen LogP contribution in [0.3, 0.4) is 0 Å². The molecule has 1 aromatic carbocycles. The van der Waals surface area contributed by atoms with E-state index in [0.717, 1.165) is 22.8 Å². The Labute approximate surface area is 214 Å². The van der Waals surface area contributed by atoms with Crippen molar-refractivity contribution in [3.8, 4) is 5.75 Å². The Hall–Kier alpha value is -3.33. The lowest BCUT2D eigenvalue weighted by Crippen LogP contribution is -2.30. The number of hydrogen-bond donors (Lipinski definition) is 1. The van der Waals surface area contributed by atoms with Crippen molar-refractivity contribution < 1.29 is 13.9 Å². The van der Waals surface area contributed by atoms with E-state index in [-0.39, 0.29) is 12.1 Å². The highest BCUT2D eigenvalue weighted by Gasteiger charge is 2.42. The Morgan fingerprint density at radius 1 is 1.11 bits per heavy atom. The molecule has 3 aromatic heterocycles. The zero-order valence-electron chi connectivity index (χ0n) is 19.1. The van der Waals surface area contributed by atoms with Gasteiger partial charge in [-0.2, -0.15) is 0 Å². The standard InChI is InChI=1S/C26H25ClN4O3S/c1-32-14-15-34-23-10-9-18(16-20(23)27)31-25(24(29-26(31)35)21-7-2-3-11-28-21)22-8-4-12-30(22)17-19-6-5-13-33-19/h2-13,16,24-25H,14-15,17H2,1H3,(H,29,35)/t24-,25+/m0/s1. The normalized spacial score (nSPS) is 17.5. The van der Waals surface area contributed by atoms with Gasteiger partial charge in [0.25, 0.3) is 0 Å². The summed E-state index contributed by atoms with van der Waals surface area (Å²) in [6, 6.07) is 19.3. The number of nitrogens with one attached hydrogen (secondary N) is 1. The van der Waals surface area contributed by atoms with Gasteiger partial charge in [0.05, 0.1) is 36.2 Å². The monoisotopic (exact) mass is 508 g/mol. The van der Waals surface area contributed by atoms with Gasteiger partial charge in [0, 0.05) is 30.9 Å². The molecule has 5 rings (SSSR count). The molecule has 1 aliphatic rings. The fourth-order valence-corrected chi connectivity index (χ4v) is 4.91. The largest absolute Gasteiger partial charge is 0.490 e. The quantitative estimate of drug-likeness (QED) is 0.240. The van der Waals surface area contributed by atoms with Crippen LogP contribution in [0.4, 0.5) is 5.69 Å². The van der Waals surface area contributed by atoms with Crippen LogP contribution in [-0.4, -0.2) is 35.0 Å². The highest BCUT2D eigenvalue weighted by Crippen LogP contribution is 2.43. The molecule has 0 aliphatic carbocycles. The van der Waals surface area contributed by atoms with Gasteiger partial charge in [-0.1, -0.05) is 17.7 Å². The molecule has 1 aliphatic heterocycles. The summed E-state index contributed by atoms with van der Waals surface area (Å²) in [5.74, 6) is 1.47. The van der Waals surface area contributed by atoms with E-state index in [2.05, 4.69) is 25.8 Å². The predicted molar refractivity (Wildman–Crippen MR) is 139 cm³/mol. The van der Waals surface area contributed by atoms with Crippen molar-refractivity contribution in [1.29, 1.82) is 0 Å². The van der Waals surface area contributed by atoms with Gasteiger partial charge in [0.2, 0.25) is 0 Å². The third-order valence-electron chi connectivity index (χ3n) is 5.91. The molecule has 0 radical (unpaired) electrons. The molecule has 0 amide bonds. The van der Waals surface area contributed by atoms with Crippen molar-refractivity contribution in [2.24, 2.45) is 0 Å². The summed E-state index contributed by atoms with van der Waals surface area (Å²) < 4.78 is 18.6. The fraction of sp³-hybridized carbons (Fsp3) is 0.231. The van der Waals surface area contributed by atoms with E-state index in [1.165, 1.54) is 0 Å². The minimum absolute atomic E-state index is 0.162. The van der Waals surface area contributed by atoms with Crippen molar-refractivity contribution in [1.82, 2.24) is 14.9 Å². The number of anilines is 1. The molecule has 35 heavy (non-hydrogen) atoms. The zero-order chi connectivity index (χ0) is 24.2. The van der Waals surface area contributed by atoms with Gasteiger partial charge in [-0.3, -0.25) is 4.98 Å². The molecular formula is C26H25ClN4O3S. The first-order valence-corrected chi connectivity index (χ1v) is 12.0. The first-order valence-electron chi connectivity index (χ1n) is 11.2. The maximum atomic E-state index is 6.60. The second-order valence-corrected chi connectivity index (χ2v) is 8.89. The summed E-state index contributed by atoms with van der Waals surface area (Å²) in [5, 5.41) is 4.59. The summed E-state index contributed by atoms with van der Waals surface area (Å²) in [6.45, 7) is 1.51. The van der Waals surface area contributed by atoms with Crippen molar-refractivity contribution in [2.75, 3.05) is 25.2 Å². The highest BCUT2D eigenvalue weighted by molar-refractivity contribution is 7.80. The van der Waals surface area contributed by atoms with Crippen molar-refractivity contribution >= 4 is 34.6 Å². The molecule has 2 atom stereocenters. The number of thiocarbonyl (C=S) groups is 1. The molecule has 4 heterocycles. The number of nitrogens with zero attached hydrogens (tertiary/aromatic N) is 3. The third-order valence-corrected chi connectivity index (χ3v) is 6.52. The van der Waals surface area contributed by atoms with Crippen molar-refractivity contribution in [3.63, 3.8) is 0 Å². The van der Waals surface area contributed by atoms with Gasteiger partial charge in [0.1, 0.15) is 24.2 Å². The molecule has 0 unspecified atom stereocenters. The van der Waals surface area contributed by atoms with Gasteiger partial charge in [-0.15, -0.1) is 0 Å². The van der Waals surface area contributed by atoms with Crippen LogP contribution in [0.5, 0.6) is 5.75 Å². The SMILES string of the molecule is COCCOc1ccc(N2C(=S)N[C@@H](c3ccccn3)[C@H]2c2cccn2Cc2ccco2)cc1Cl. The molecule has 0 spiro atoms. The zero-order valence-corrected chi connectivity index (χ0v) is 20.7.